The van der Waals surface area contributed by atoms with E-state index in [4.69, 9.17) is 11.6 Å². The van der Waals surface area contributed by atoms with Crippen LogP contribution in [0.5, 0.6) is 0 Å². The van der Waals surface area contributed by atoms with Crippen LogP contribution >= 0.6 is 11.6 Å². The Kier molecular flexibility index (Phi) is 5.32. The maximum atomic E-state index is 10.7. The number of benzene rings is 1. The van der Waals surface area contributed by atoms with Crippen LogP contribution in [0.25, 0.3) is 10.9 Å². The molecule has 0 aliphatic rings. The van der Waals surface area contributed by atoms with E-state index < -0.39 is 0 Å². The van der Waals surface area contributed by atoms with E-state index in [-0.39, 0.29) is 5.91 Å². The van der Waals surface area contributed by atoms with Gasteiger partial charge < -0.3 is 10.6 Å². The number of halogens is 1. The van der Waals surface area contributed by atoms with E-state index in [9.17, 15) is 4.79 Å². The van der Waals surface area contributed by atoms with E-state index in [1.165, 1.54) is 6.92 Å². The fraction of sp³-hybridized carbons (Fsp3) is 0.333. The quantitative estimate of drug-likeness (QED) is 0.804. The second kappa shape index (κ2) is 7.22. The molecule has 4 nitrogen and oxygen atoms in total. The Morgan fingerprint density at radius 3 is 2.95 bits per heavy atom. The Bertz CT molecular complexity index is 601. The van der Waals surface area contributed by atoms with Gasteiger partial charge in [-0.2, -0.15) is 0 Å². The van der Waals surface area contributed by atoms with Crippen LogP contribution in [0.1, 0.15) is 18.9 Å². The van der Waals surface area contributed by atoms with Gasteiger partial charge in [-0.1, -0.05) is 17.7 Å². The van der Waals surface area contributed by atoms with Crippen LogP contribution in [0, 0.1) is 0 Å². The molecular weight excluding hydrogens is 274 g/mol. The molecule has 1 aromatic heterocycles. The third-order valence-corrected chi connectivity index (χ3v) is 3.35. The topological polar surface area (TPSA) is 54.0 Å². The zero-order valence-corrected chi connectivity index (χ0v) is 12.2. The summed E-state index contributed by atoms with van der Waals surface area (Å²) in [4.78, 5) is 15.1. The van der Waals surface area contributed by atoms with Crippen LogP contribution in [-0.2, 0) is 11.3 Å². The average Bonchev–Trinajstić information content (AvgIpc) is 2.45. The summed E-state index contributed by atoms with van der Waals surface area (Å²) in [5, 5.41) is 7.83. The summed E-state index contributed by atoms with van der Waals surface area (Å²) in [5.41, 5.74) is 2.07. The van der Waals surface area contributed by atoms with Crippen molar-refractivity contribution in [1.82, 2.24) is 15.6 Å². The van der Waals surface area contributed by atoms with Gasteiger partial charge in [-0.25, -0.2) is 0 Å². The summed E-state index contributed by atoms with van der Waals surface area (Å²) < 4.78 is 0. The molecule has 5 heteroatoms. The molecule has 0 radical (unpaired) electrons. The maximum absolute atomic E-state index is 10.7. The van der Waals surface area contributed by atoms with E-state index in [0.717, 1.165) is 41.0 Å². The zero-order valence-electron chi connectivity index (χ0n) is 11.4. The number of aromatic nitrogens is 1. The van der Waals surface area contributed by atoms with Crippen molar-refractivity contribution in [1.29, 1.82) is 0 Å². The molecule has 1 amide bonds. The first-order chi connectivity index (χ1) is 9.68. The molecule has 2 aromatic rings. The molecule has 2 N–H and O–H groups in total. The number of rotatable bonds is 6. The van der Waals surface area contributed by atoms with Gasteiger partial charge in [-0.3, -0.25) is 9.78 Å². The molecule has 2 rings (SSSR count). The van der Waals surface area contributed by atoms with E-state index >= 15 is 0 Å². The smallest absolute Gasteiger partial charge is 0.216 e. The predicted molar refractivity (Wildman–Crippen MR) is 81.8 cm³/mol. The van der Waals surface area contributed by atoms with Crippen LogP contribution in [0.2, 0.25) is 5.02 Å². The van der Waals surface area contributed by atoms with Gasteiger partial charge in [0.1, 0.15) is 0 Å². The monoisotopic (exact) mass is 291 g/mol. The molecule has 1 heterocycles. The summed E-state index contributed by atoms with van der Waals surface area (Å²) in [6.07, 6.45) is 2.68. The van der Waals surface area contributed by atoms with Crippen LogP contribution in [0.3, 0.4) is 0 Å². The van der Waals surface area contributed by atoms with Gasteiger partial charge >= 0.3 is 0 Å². The number of nitrogens with zero attached hydrogens (tertiary/aromatic N) is 1. The molecule has 106 valence electrons. The van der Waals surface area contributed by atoms with E-state index in [1.807, 2.05) is 24.3 Å². The standard InChI is InChI=1S/C15H18ClN3O/c1-11(20)18-9-3-7-17-10-12-5-6-14(16)13-4-2-8-19-15(12)13/h2,4-6,8,17H,3,7,9-10H2,1H3,(H,18,20). The largest absolute Gasteiger partial charge is 0.356 e. The number of amides is 1. The summed E-state index contributed by atoms with van der Waals surface area (Å²) in [7, 11) is 0. The molecular formula is C15H18ClN3O. The van der Waals surface area contributed by atoms with E-state index in [0.29, 0.717) is 6.54 Å². The third-order valence-electron chi connectivity index (χ3n) is 3.02. The Balaban J connectivity index is 1.90. The van der Waals surface area contributed by atoms with Crippen LogP contribution in [0.4, 0.5) is 0 Å². The van der Waals surface area contributed by atoms with Crippen LogP contribution in [0.15, 0.2) is 30.5 Å². The lowest BCUT2D eigenvalue weighted by Gasteiger charge is -2.09. The normalized spacial score (nSPS) is 10.7. The number of carbonyl (C=O) groups is 1. The Hall–Kier alpha value is -1.65. The van der Waals surface area contributed by atoms with E-state index in [2.05, 4.69) is 15.6 Å². The first-order valence-electron chi connectivity index (χ1n) is 6.66. The molecule has 0 spiro atoms. The molecule has 0 aliphatic heterocycles. The second-order valence-electron chi connectivity index (χ2n) is 4.62. The molecule has 0 unspecified atom stereocenters. The minimum Gasteiger partial charge on any atom is -0.356 e. The highest BCUT2D eigenvalue weighted by atomic mass is 35.5. The minimum absolute atomic E-state index is 0.0119. The molecule has 0 fully saturated rings. The van der Waals surface area contributed by atoms with Gasteiger partial charge in [-0.15, -0.1) is 0 Å². The van der Waals surface area contributed by atoms with Crippen molar-refractivity contribution in [2.75, 3.05) is 13.1 Å². The van der Waals surface area contributed by atoms with Gasteiger partial charge in [-0.05, 0) is 36.7 Å². The highest BCUT2D eigenvalue weighted by Gasteiger charge is 2.05. The lowest BCUT2D eigenvalue weighted by molar-refractivity contribution is -0.118. The average molecular weight is 292 g/mol. The molecule has 0 atom stereocenters. The van der Waals surface area contributed by atoms with Crippen molar-refractivity contribution >= 4 is 28.4 Å². The minimum atomic E-state index is 0.0119. The molecule has 1 aromatic carbocycles. The Morgan fingerprint density at radius 2 is 2.15 bits per heavy atom. The number of fused-ring (bicyclic) bond motifs is 1. The maximum Gasteiger partial charge on any atom is 0.216 e. The zero-order chi connectivity index (χ0) is 14.4. The van der Waals surface area contributed by atoms with Crippen molar-refractivity contribution in [2.24, 2.45) is 0 Å². The number of nitrogens with one attached hydrogen (secondary N) is 2. The summed E-state index contributed by atoms with van der Waals surface area (Å²) in [5.74, 6) is 0.0119. The van der Waals surface area contributed by atoms with Crippen molar-refractivity contribution in [3.05, 3.63) is 41.0 Å². The predicted octanol–water partition coefficient (Wildman–Crippen LogP) is 2.50. The molecule has 0 aliphatic carbocycles. The van der Waals surface area contributed by atoms with Gasteiger partial charge in [0, 0.05) is 36.6 Å². The van der Waals surface area contributed by atoms with Gasteiger partial charge in [0.25, 0.3) is 0 Å². The van der Waals surface area contributed by atoms with Gasteiger partial charge in [0.05, 0.1) is 5.52 Å². The number of carbonyl (C=O) groups excluding carboxylic acids is 1. The Labute approximate surface area is 123 Å². The van der Waals surface area contributed by atoms with E-state index in [1.54, 1.807) is 6.20 Å². The number of pyridine rings is 1. The van der Waals surface area contributed by atoms with Crippen molar-refractivity contribution < 1.29 is 4.79 Å². The summed E-state index contributed by atoms with van der Waals surface area (Å²) in [6.45, 7) is 3.81. The highest BCUT2D eigenvalue weighted by molar-refractivity contribution is 6.35. The van der Waals surface area contributed by atoms with Crippen molar-refractivity contribution in [3.63, 3.8) is 0 Å². The first kappa shape index (κ1) is 14.8. The molecule has 0 saturated heterocycles. The molecule has 20 heavy (non-hydrogen) atoms. The molecule has 0 saturated carbocycles. The first-order valence-corrected chi connectivity index (χ1v) is 7.03. The SMILES string of the molecule is CC(=O)NCCCNCc1ccc(Cl)c2cccnc12. The fourth-order valence-corrected chi connectivity index (χ4v) is 2.26. The van der Waals surface area contributed by atoms with Crippen LogP contribution < -0.4 is 10.6 Å². The molecule has 0 bridgehead atoms. The Morgan fingerprint density at radius 1 is 1.30 bits per heavy atom. The third kappa shape index (κ3) is 3.92. The lowest BCUT2D eigenvalue weighted by Crippen LogP contribution is -2.25. The number of hydrogen-bond acceptors (Lipinski definition) is 3. The fourth-order valence-electron chi connectivity index (χ4n) is 2.04. The van der Waals surface area contributed by atoms with Crippen molar-refractivity contribution in [2.45, 2.75) is 19.9 Å². The van der Waals surface area contributed by atoms with Gasteiger partial charge in [0.2, 0.25) is 5.91 Å². The highest BCUT2D eigenvalue weighted by Crippen LogP contribution is 2.24. The van der Waals surface area contributed by atoms with Gasteiger partial charge in [0.15, 0.2) is 0 Å². The second-order valence-corrected chi connectivity index (χ2v) is 5.03. The summed E-state index contributed by atoms with van der Waals surface area (Å²) in [6, 6.07) is 7.77. The van der Waals surface area contributed by atoms with Crippen molar-refractivity contribution in [3.8, 4) is 0 Å². The number of hydrogen-bond donors (Lipinski definition) is 2. The lowest BCUT2D eigenvalue weighted by atomic mass is 10.1. The summed E-state index contributed by atoms with van der Waals surface area (Å²) >= 11 is 6.16. The van der Waals surface area contributed by atoms with Crippen LogP contribution in [-0.4, -0.2) is 24.0 Å².